The van der Waals surface area contributed by atoms with Crippen molar-refractivity contribution < 1.29 is 19.1 Å². The van der Waals surface area contributed by atoms with Gasteiger partial charge in [-0.1, -0.05) is 48.5 Å². The summed E-state index contributed by atoms with van der Waals surface area (Å²) < 4.78 is 9.52. The van der Waals surface area contributed by atoms with Crippen LogP contribution < -0.4 is 22.2 Å². The van der Waals surface area contributed by atoms with E-state index < -0.39 is 23.1 Å². The van der Waals surface area contributed by atoms with Crippen LogP contribution in [0.2, 0.25) is 0 Å². The quantitative estimate of drug-likeness (QED) is 0.171. The van der Waals surface area contributed by atoms with Crippen LogP contribution in [0, 0.1) is 0 Å². The SMILES string of the molecule is CCOC(=O)c1ccc(SC)[nH]c1=O.CCOC(=O)c1cnc(NC2Cc3ccccc3C2)[nH]c1=O.NC1Cc2ccccc2C1. The standard InChI is InChI=1S/C16H17N3O3.C9H11NO3S.C9H11N/c1-2-22-15(21)13-9-17-16(19-14(13)20)18-12-7-10-5-3-4-6-11(10)8-12;1-3-13-9(12)6-4-5-7(14-2)10-8(6)11;10-9-5-7-3-1-2-4-8(7)6-9/h3-6,9,12H,2,7-8H2,1H3,(H2,17,18,19,20);4-5H,3H2,1-2H3,(H,10,11);1-4,9H,5-6,10H2. The molecule has 6 rings (SSSR count). The van der Waals surface area contributed by atoms with Gasteiger partial charge in [-0.05, 0) is 80.2 Å². The van der Waals surface area contributed by atoms with Gasteiger partial charge >= 0.3 is 11.9 Å². The fourth-order valence-electron chi connectivity index (χ4n) is 5.21. The smallest absolute Gasteiger partial charge is 0.345 e. The number of carbonyl (C=O) groups is 2. The van der Waals surface area contributed by atoms with Crippen LogP contribution in [0.5, 0.6) is 0 Å². The summed E-state index contributed by atoms with van der Waals surface area (Å²) in [5.74, 6) is -0.867. The minimum atomic E-state index is -0.656. The molecule has 46 heavy (non-hydrogen) atoms. The molecule has 0 atom stereocenters. The topological polar surface area (TPSA) is 169 Å². The zero-order chi connectivity index (χ0) is 33.1. The van der Waals surface area contributed by atoms with E-state index in [0.29, 0.717) is 12.0 Å². The van der Waals surface area contributed by atoms with Gasteiger partial charge in [0.15, 0.2) is 0 Å². The molecule has 4 aromatic rings. The first kappa shape index (κ1) is 34.2. The van der Waals surface area contributed by atoms with Gasteiger partial charge in [0.2, 0.25) is 5.95 Å². The molecule has 0 fully saturated rings. The molecule has 2 aromatic heterocycles. The maximum absolute atomic E-state index is 11.9. The Balaban J connectivity index is 0.000000171. The van der Waals surface area contributed by atoms with Crippen molar-refractivity contribution in [3.63, 3.8) is 0 Å². The second-order valence-electron chi connectivity index (χ2n) is 10.6. The molecule has 2 heterocycles. The van der Waals surface area contributed by atoms with Crippen molar-refractivity contribution in [2.45, 2.75) is 56.6 Å². The van der Waals surface area contributed by atoms with Crippen LogP contribution in [-0.4, -0.2) is 58.4 Å². The van der Waals surface area contributed by atoms with Crippen molar-refractivity contribution in [3.05, 3.63) is 121 Å². The van der Waals surface area contributed by atoms with E-state index in [1.807, 2.05) is 18.4 Å². The molecule has 0 saturated heterocycles. The number of pyridine rings is 1. The van der Waals surface area contributed by atoms with Crippen LogP contribution in [0.25, 0.3) is 0 Å². The van der Waals surface area contributed by atoms with Crippen LogP contribution in [-0.2, 0) is 35.2 Å². The Labute approximate surface area is 271 Å². The van der Waals surface area contributed by atoms with E-state index in [4.69, 9.17) is 15.2 Å². The number of aromatic amines is 2. The van der Waals surface area contributed by atoms with E-state index in [-0.39, 0.29) is 30.4 Å². The van der Waals surface area contributed by atoms with Crippen LogP contribution >= 0.6 is 11.8 Å². The Bertz CT molecular complexity index is 1720. The minimum Gasteiger partial charge on any atom is -0.462 e. The molecule has 0 aliphatic heterocycles. The molecule has 5 N–H and O–H groups in total. The highest BCUT2D eigenvalue weighted by Gasteiger charge is 2.22. The third-order valence-electron chi connectivity index (χ3n) is 7.37. The third kappa shape index (κ3) is 9.18. The Morgan fingerprint density at radius 1 is 0.804 bits per heavy atom. The van der Waals surface area contributed by atoms with Gasteiger partial charge in [0.1, 0.15) is 11.1 Å². The summed E-state index contributed by atoms with van der Waals surface area (Å²) in [6.45, 7) is 3.87. The molecule has 0 spiro atoms. The third-order valence-corrected chi connectivity index (χ3v) is 8.05. The number of carbonyl (C=O) groups excluding carboxylic acids is 2. The number of aromatic nitrogens is 3. The molecule has 11 nitrogen and oxygen atoms in total. The Kier molecular flexibility index (Phi) is 12.3. The van der Waals surface area contributed by atoms with Gasteiger partial charge in [-0.15, -0.1) is 11.8 Å². The normalized spacial score (nSPS) is 13.3. The predicted octanol–water partition coefficient (Wildman–Crippen LogP) is 3.91. The highest BCUT2D eigenvalue weighted by Crippen LogP contribution is 2.23. The highest BCUT2D eigenvalue weighted by molar-refractivity contribution is 7.98. The Morgan fingerprint density at radius 2 is 1.30 bits per heavy atom. The molecule has 0 unspecified atom stereocenters. The lowest BCUT2D eigenvalue weighted by Gasteiger charge is -2.12. The number of ether oxygens (including phenoxy) is 2. The summed E-state index contributed by atoms with van der Waals surface area (Å²) in [6.07, 6.45) is 7.00. The van der Waals surface area contributed by atoms with Gasteiger partial charge < -0.3 is 25.5 Å². The van der Waals surface area contributed by atoms with Gasteiger partial charge in [0.25, 0.3) is 11.1 Å². The molecule has 0 radical (unpaired) electrons. The fraction of sp³-hybridized carbons (Fsp3) is 0.324. The van der Waals surface area contributed by atoms with Crippen LogP contribution in [0.3, 0.4) is 0 Å². The second-order valence-corrected chi connectivity index (χ2v) is 11.5. The number of nitrogens with one attached hydrogen (secondary N) is 3. The van der Waals surface area contributed by atoms with E-state index >= 15 is 0 Å². The van der Waals surface area contributed by atoms with Crippen molar-refractivity contribution in [1.82, 2.24) is 15.0 Å². The number of rotatable bonds is 7. The zero-order valence-corrected chi connectivity index (χ0v) is 26.9. The van der Waals surface area contributed by atoms with Crippen molar-refractivity contribution >= 4 is 29.6 Å². The fourth-order valence-corrected chi connectivity index (χ4v) is 5.61. The number of nitrogens with zero attached hydrogens (tertiary/aromatic N) is 1. The number of hydrogen-bond donors (Lipinski definition) is 4. The van der Waals surface area contributed by atoms with E-state index in [2.05, 4.69) is 56.7 Å². The zero-order valence-electron chi connectivity index (χ0n) is 26.1. The molecule has 0 saturated carbocycles. The number of nitrogens with two attached hydrogens (primary N) is 1. The summed E-state index contributed by atoms with van der Waals surface area (Å²) >= 11 is 1.41. The minimum absolute atomic E-state index is 0.0460. The Morgan fingerprint density at radius 3 is 1.78 bits per heavy atom. The lowest BCUT2D eigenvalue weighted by Crippen LogP contribution is -2.26. The molecule has 12 heteroatoms. The number of esters is 2. The van der Waals surface area contributed by atoms with Crippen molar-refractivity contribution in [2.24, 2.45) is 5.73 Å². The van der Waals surface area contributed by atoms with Gasteiger partial charge in [0.05, 0.1) is 24.4 Å². The van der Waals surface area contributed by atoms with E-state index in [1.165, 1.54) is 46.3 Å². The number of benzene rings is 2. The molecule has 2 aromatic carbocycles. The van der Waals surface area contributed by atoms with Crippen molar-refractivity contribution in [2.75, 3.05) is 24.8 Å². The first-order valence-electron chi connectivity index (χ1n) is 15.1. The van der Waals surface area contributed by atoms with E-state index in [0.717, 1.165) is 30.7 Å². The largest absolute Gasteiger partial charge is 0.462 e. The molecule has 0 amide bonds. The van der Waals surface area contributed by atoms with Crippen LogP contribution in [0.1, 0.15) is 56.8 Å². The average molecular weight is 646 g/mol. The molecule has 2 aliphatic rings. The second kappa shape index (κ2) is 16.6. The predicted molar refractivity (Wildman–Crippen MR) is 179 cm³/mol. The first-order valence-corrected chi connectivity index (χ1v) is 16.3. The highest BCUT2D eigenvalue weighted by atomic mass is 32.2. The van der Waals surface area contributed by atoms with Crippen molar-refractivity contribution in [3.8, 4) is 0 Å². The molecular weight excluding hydrogens is 606 g/mol. The molecule has 0 bridgehead atoms. The van der Waals surface area contributed by atoms with Crippen LogP contribution in [0.4, 0.5) is 5.95 Å². The van der Waals surface area contributed by atoms with Gasteiger partial charge in [-0.25, -0.2) is 14.6 Å². The summed E-state index contributed by atoms with van der Waals surface area (Å²) in [5.41, 5.74) is 10.3. The number of anilines is 1. The van der Waals surface area contributed by atoms with Gasteiger partial charge in [0, 0.05) is 12.1 Å². The lowest BCUT2D eigenvalue weighted by molar-refractivity contribution is 0.0514. The molecule has 242 valence electrons. The summed E-state index contributed by atoms with van der Waals surface area (Å²) in [4.78, 5) is 55.3. The maximum atomic E-state index is 11.9. The van der Waals surface area contributed by atoms with Gasteiger partial charge in [-0.2, -0.15) is 0 Å². The number of hydrogen-bond acceptors (Lipinski definition) is 10. The van der Waals surface area contributed by atoms with Gasteiger partial charge in [-0.3, -0.25) is 14.6 Å². The van der Waals surface area contributed by atoms with E-state index in [1.54, 1.807) is 19.9 Å². The summed E-state index contributed by atoms with van der Waals surface area (Å²) in [5, 5.41) is 3.93. The number of thioether (sulfide) groups is 1. The maximum Gasteiger partial charge on any atom is 0.345 e. The molecular formula is C34H39N5O6S. The van der Waals surface area contributed by atoms with Crippen molar-refractivity contribution in [1.29, 1.82) is 0 Å². The molecule has 2 aliphatic carbocycles. The Hall–Kier alpha value is -4.68. The summed E-state index contributed by atoms with van der Waals surface area (Å²) in [7, 11) is 0. The number of fused-ring (bicyclic) bond motifs is 2. The monoisotopic (exact) mass is 645 g/mol. The first-order chi connectivity index (χ1) is 22.2. The number of H-pyrrole nitrogens is 2. The summed E-state index contributed by atoms with van der Waals surface area (Å²) in [6, 6.07) is 20.5. The average Bonchev–Trinajstić information content (AvgIpc) is 3.63. The van der Waals surface area contributed by atoms with Crippen LogP contribution in [0.15, 0.2) is 81.5 Å². The lowest BCUT2D eigenvalue weighted by atomic mass is 10.1. The van der Waals surface area contributed by atoms with E-state index in [9.17, 15) is 19.2 Å².